The Kier molecular flexibility index (Phi) is 2.99. The van der Waals surface area contributed by atoms with Crippen LogP contribution in [0, 0.1) is 5.92 Å². The second-order valence-corrected chi connectivity index (χ2v) is 5.87. The average molecular weight is 281 g/mol. The minimum atomic E-state index is 0.287. The highest BCUT2D eigenvalue weighted by Crippen LogP contribution is 2.38. The van der Waals surface area contributed by atoms with Gasteiger partial charge in [0.25, 0.3) is 0 Å². The van der Waals surface area contributed by atoms with Gasteiger partial charge in [-0.3, -0.25) is 0 Å². The minimum Gasteiger partial charge on any atom is -0.493 e. The summed E-state index contributed by atoms with van der Waals surface area (Å²) in [5, 5.41) is 3.68. The van der Waals surface area contributed by atoms with Crippen molar-refractivity contribution < 1.29 is 9.47 Å². The van der Waals surface area contributed by atoms with Crippen LogP contribution in [0.25, 0.3) is 0 Å². The molecule has 21 heavy (non-hydrogen) atoms. The standard InChI is InChI=1S/C18H19NO2/c1-12-11-21-17-5-3-2-4-15(17)18(12)19-14-6-7-16-13(10-14)8-9-20-16/h2-7,10,12,18-19H,8-9,11H2,1H3. The number of benzene rings is 2. The maximum atomic E-state index is 5.82. The van der Waals surface area contributed by atoms with Crippen molar-refractivity contribution in [1.29, 1.82) is 0 Å². The Morgan fingerprint density at radius 2 is 1.95 bits per heavy atom. The van der Waals surface area contributed by atoms with E-state index in [0.717, 1.165) is 36.8 Å². The first-order valence-corrected chi connectivity index (χ1v) is 7.55. The van der Waals surface area contributed by atoms with E-state index in [0.29, 0.717) is 5.92 Å². The molecule has 3 nitrogen and oxygen atoms in total. The summed E-state index contributed by atoms with van der Waals surface area (Å²) in [6, 6.07) is 15.0. The van der Waals surface area contributed by atoms with Crippen LogP contribution in [0.2, 0.25) is 0 Å². The molecular formula is C18H19NO2. The van der Waals surface area contributed by atoms with E-state index in [1.54, 1.807) is 0 Å². The van der Waals surface area contributed by atoms with Crippen molar-refractivity contribution in [3.63, 3.8) is 0 Å². The van der Waals surface area contributed by atoms with E-state index in [9.17, 15) is 0 Å². The highest BCUT2D eigenvalue weighted by atomic mass is 16.5. The molecule has 4 rings (SSSR count). The number of hydrogen-bond donors (Lipinski definition) is 1. The second kappa shape index (κ2) is 4.99. The van der Waals surface area contributed by atoms with E-state index in [2.05, 4.69) is 42.6 Å². The molecule has 0 aliphatic carbocycles. The van der Waals surface area contributed by atoms with Crippen LogP contribution in [0.3, 0.4) is 0 Å². The van der Waals surface area contributed by atoms with E-state index in [1.807, 2.05) is 12.1 Å². The van der Waals surface area contributed by atoms with Crippen molar-refractivity contribution in [2.45, 2.75) is 19.4 Å². The lowest BCUT2D eigenvalue weighted by Crippen LogP contribution is -2.28. The summed E-state index contributed by atoms with van der Waals surface area (Å²) in [5.74, 6) is 2.46. The lowest BCUT2D eigenvalue weighted by molar-refractivity contribution is 0.214. The molecule has 2 aromatic rings. The van der Waals surface area contributed by atoms with Gasteiger partial charge in [-0.15, -0.1) is 0 Å². The van der Waals surface area contributed by atoms with E-state index in [1.165, 1.54) is 11.1 Å². The summed E-state index contributed by atoms with van der Waals surface area (Å²) < 4.78 is 11.4. The predicted octanol–water partition coefficient (Wildman–Crippen LogP) is 3.80. The van der Waals surface area contributed by atoms with E-state index < -0.39 is 0 Å². The fraction of sp³-hybridized carbons (Fsp3) is 0.333. The number of para-hydroxylation sites is 1. The highest BCUT2D eigenvalue weighted by Gasteiger charge is 2.27. The first-order chi connectivity index (χ1) is 10.3. The normalized spacial score (nSPS) is 22.7. The van der Waals surface area contributed by atoms with Crippen molar-refractivity contribution in [3.05, 3.63) is 53.6 Å². The van der Waals surface area contributed by atoms with Gasteiger partial charge in [-0.1, -0.05) is 25.1 Å². The van der Waals surface area contributed by atoms with Crippen LogP contribution >= 0.6 is 0 Å². The Hall–Kier alpha value is -2.16. The monoisotopic (exact) mass is 281 g/mol. The maximum Gasteiger partial charge on any atom is 0.124 e. The molecule has 2 atom stereocenters. The molecule has 0 aromatic heterocycles. The number of fused-ring (bicyclic) bond motifs is 2. The van der Waals surface area contributed by atoms with Gasteiger partial charge in [-0.05, 0) is 29.8 Å². The van der Waals surface area contributed by atoms with E-state index in [-0.39, 0.29) is 6.04 Å². The van der Waals surface area contributed by atoms with Gasteiger partial charge >= 0.3 is 0 Å². The van der Waals surface area contributed by atoms with Gasteiger partial charge in [-0.25, -0.2) is 0 Å². The summed E-state index contributed by atoms with van der Waals surface area (Å²) in [6.07, 6.45) is 1.00. The number of rotatable bonds is 2. The topological polar surface area (TPSA) is 30.5 Å². The molecule has 0 spiro atoms. The van der Waals surface area contributed by atoms with Crippen molar-refractivity contribution in [3.8, 4) is 11.5 Å². The molecule has 0 saturated carbocycles. The van der Waals surface area contributed by atoms with Crippen molar-refractivity contribution in [2.75, 3.05) is 18.5 Å². The number of hydrogen-bond acceptors (Lipinski definition) is 3. The molecular weight excluding hydrogens is 262 g/mol. The zero-order valence-electron chi connectivity index (χ0n) is 12.1. The van der Waals surface area contributed by atoms with Gasteiger partial charge in [0.1, 0.15) is 11.5 Å². The molecule has 108 valence electrons. The molecule has 0 saturated heterocycles. The first-order valence-electron chi connectivity index (χ1n) is 7.55. The van der Waals surface area contributed by atoms with Crippen LogP contribution in [0.15, 0.2) is 42.5 Å². The number of ether oxygens (including phenoxy) is 2. The van der Waals surface area contributed by atoms with Gasteiger partial charge in [0.15, 0.2) is 0 Å². The largest absolute Gasteiger partial charge is 0.493 e. The third kappa shape index (κ3) is 2.23. The summed E-state index contributed by atoms with van der Waals surface area (Å²) in [5.41, 5.74) is 3.70. The fourth-order valence-corrected chi connectivity index (χ4v) is 3.17. The summed E-state index contributed by atoms with van der Waals surface area (Å²) in [4.78, 5) is 0. The average Bonchev–Trinajstić information content (AvgIpc) is 2.98. The Morgan fingerprint density at radius 1 is 1.05 bits per heavy atom. The Balaban J connectivity index is 1.64. The van der Waals surface area contributed by atoms with Crippen molar-refractivity contribution >= 4 is 5.69 Å². The van der Waals surface area contributed by atoms with Crippen LogP contribution in [-0.4, -0.2) is 13.2 Å². The summed E-state index contributed by atoms with van der Waals surface area (Å²) in [6.45, 7) is 3.78. The summed E-state index contributed by atoms with van der Waals surface area (Å²) >= 11 is 0. The molecule has 0 amide bonds. The molecule has 0 bridgehead atoms. The van der Waals surface area contributed by atoms with Crippen molar-refractivity contribution in [1.82, 2.24) is 0 Å². The first kappa shape index (κ1) is 12.6. The van der Waals surface area contributed by atoms with Gasteiger partial charge < -0.3 is 14.8 Å². The molecule has 1 N–H and O–H groups in total. The minimum absolute atomic E-state index is 0.287. The maximum absolute atomic E-state index is 5.82. The molecule has 2 aliphatic rings. The molecule has 2 heterocycles. The fourth-order valence-electron chi connectivity index (χ4n) is 3.17. The quantitative estimate of drug-likeness (QED) is 0.908. The molecule has 0 fully saturated rings. The number of nitrogens with one attached hydrogen (secondary N) is 1. The van der Waals surface area contributed by atoms with Gasteiger partial charge in [0.2, 0.25) is 0 Å². The lowest BCUT2D eigenvalue weighted by atomic mass is 9.91. The number of anilines is 1. The lowest BCUT2D eigenvalue weighted by Gasteiger charge is -2.32. The second-order valence-electron chi connectivity index (χ2n) is 5.87. The van der Waals surface area contributed by atoms with Gasteiger partial charge in [0, 0.05) is 23.6 Å². The Morgan fingerprint density at radius 3 is 2.90 bits per heavy atom. The van der Waals surface area contributed by atoms with Crippen LogP contribution < -0.4 is 14.8 Å². The zero-order chi connectivity index (χ0) is 14.2. The van der Waals surface area contributed by atoms with Crippen LogP contribution in [0.1, 0.15) is 24.1 Å². The van der Waals surface area contributed by atoms with E-state index >= 15 is 0 Å². The molecule has 2 unspecified atom stereocenters. The molecule has 3 heteroatoms. The third-order valence-electron chi connectivity index (χ3n) is 4.34. The highest BCUT2D eigenvalue weighted by molar-refractivity contribution is 5.55. The van der Waals surface area contributed by atoms with Crippen LogP contribution in [-0.2, 0) is 6.42 Å². The molecule has 2 aliphatic heterocycles. The zero-order valence-corrected chi connectivity index (χ0v) is 12.1. The van der Waals surface area contributed by atoms with Gasteiger partial charge in [-0.2, -0.15) is 0 Å². The van der Waals surface area contributed by atoms with Gasteiger partial charge in [0.05, 0.1) is 19.3 Å². The SMILES string of the molecule is CC1COc2ccccc2C1Nc1ccc2c(c1)CCO2. The third-order valence-corrected chi connectivity index (χ3v) is 4.34. The van der Waals surface area contributed by atoms with E-state index in [4.69, 9.17) is 9.47 Å². The summed E-state index contributed by atoms with van der Waals surface area (Å²) in [7, 11) is 0. The molecule has 2 aromatic carbocycles. The Bertz CT molecular complexity index is 668. The Labute approximate surface area is 124 Å². The molecule has 0 radical (unpaired) electrons. The predicted molar refractivity (Wildman–Crippen MR) is 83.1 cm³/mol. The smallest absolute Gasteiger partial charge is 0.124 e. The van der Waals surface area contributed by atoms with Crippen LogP contribution in [0.5, 0.6) is 11.5 Å². The van der Waals surface area contributed by atoms with Crippen LogP contribution in [0.4, 0.5) is 5.69 Å². The van der Waals surface area contributed by atoms with Crippen molar-refractivity contribution in [2.24, 2.45) is 5.92 Å².